The van der Waals surface area contributed by atoms with Gasteiger partial charge in [0.15, 0.2) is 5.65 Å². The molecule has 0 aliphatic rings. The summed E-state index contributed by atoms with van der Waals surface area (Å²) < 4.78 is 23.9. The summed E-state index contributed by atoms with van der Waals surface area (Å²) in [7, 11) is 0. The van der Waals surface area contributed by atoms with E-state index in [0.717, 1.165) is 105 Å². The van der Waals surface area contributed by atoms with E-state index in [2.05, 4.69) is 144 Å². The van der Waals surface area contributed by atoms with E-state index in [-0.39, 0.29) is 42.1 Å². The van der Waals surface area contributed by atoms with Gasteiger partial charge in [0.2, 0.25) is 0 Å². The molecule has 8 aromatic carbocycles. The molecule has 0 spiro atoms. The quantitative estimate of drug-likeness (QED) is 0.132. The number of aromatic nitrogens is 10. The fourth-order valence-electron chi connectivity index (χ4n) is 11.0. The molecule has 0 saturated heterocycles. The number of nitrogens with zero attached hydrogens (tertiary/aromatic N) is 10. The summed E-state index contributed by atoms with van der Waals surface area (Å²) in [4.78, 5) is 14.8. The summed E-state index contributed by atoms with van der Waals surface area (Å²) in [6.45, 7) is 0. The Morgan fingerprint density at radius 1 is 0.333 bits per heavy atom. The Bertz CT molecular complexity index is 5260. The smallest absolute Gasteiger partial charge is 0.509 e. The van der Waals surface area contributed by atoms with Crippen LogP contribution in [0.1, 0.15) is 0 Å². The fourth-order valence-corrected chi connectivity index (χ4v) is 12.1. The molecular weight excluding hydrogens is 1420 g/mol. The Kier molecular flexibility index (Phi) is 13.6. The summed E-state index contributed by atoms with van der Waals surface area (Å²) in [5.74, 6) is 4.85. The van der Waals surface area contributed by atoms with Gasteiger partial charge in [-0.25, -0.2) is 15.0 Å². The number of hydrogen-bond donors (Lipinski definition) is 0. The van der Waals surface area contributed by atoms with E-state index < -0.39 is 0 Å². The number of para-hydroxylation sites is 3. The molecule has 0 saturated carbocycles. The minimum Gasteiger partial charge on any atom is -0.509 e. The molecule has 17 rings (SSSR count). The van der Waals surface area contributed by atoms with Gasteiger partial charge in [-0.2, -0.15) is 34.5 Å². The Hall–Kier alpha value is -9.77. The average molecular weight is 1460 g/mol. The summed E-state index contributed by atoms with van der Waals surface area (Å²) in [6.07, 6.45) is 9.50. The Morgan fingerprint density at radius 2 is 0.762 bits per heavy atom. The van der Waals surface area contributed by atoms with Crippen LogP contribution in [0.3, 0.4) is 0 Å². The largest absolute Gasteiger partial charge is 2.00 e. The third-order valence-corrected chi connectivity index (χ3v) is 15.7. The van der Waals surface area contributed by atoms with Crippen molar-refractivity contribution in [3.63, 3.8) is 0 Å². The predicted molar refractivity (Wildman–Crippen MR) is 325 cm³/mol. The molecule has 0 amide bonds. The molecule has 9 aromatic heterocycles. The van der Waals surface area contributed by atoms with Gasteiger partial charge in [-0.15, -0.1) is 82.8 Å². The minimum atomic E-state index is 0. The molecule has 0 atom stereocenters. The number of benzene rings is 8. The van der Waals surface area contributed by atoms with Crippen LogP contribution in [0.15, 0.2) is 243 Å². The normalized spacial score (nSPS) is 11.4. The summed E-state index contributed by atoms with van der Waals surface area (Å²) in [6, 6.07) is 84.5. The van der Waals surface area contributed by atoms with Crippen LogP contribution in [0.4, 0.5) is 0 Å². The van der Waals surface area contributed by atoms with Crippen molar-refractivity contribution in [1.82, 2.24) is 48.2 Å². The van der Waals surface area contributed by atoms with Gasteiger partial charge in [0.25, 0.3) is 0 Å². The van der Waals surface area contributed by atoms with Crippen LogP contribution < -0.4 is 9.47 Å². The van der Waals surface area contributed by atoms with E-state index in [1.54, 1.807) is 29.9 Å². The van der Waals surface area contributed by atoms with Gasteiger partial charge in [-0.05, 0) is 82.8 Å². The number of rotatable bonds is 9. The van der Waals surface area contributed by atoms with E-state index in [0.29, 0.717) is 23.0 Å². The molecule has 0 aliphatic heterocycles. The SMILES string of the molecule is [Pt+2].[Pt+2].[c-]1c(Oc2[c-]c3c(cc2)c2ccccc2n3-c2ccccn2)cccc1-n1cc2c(n1)sc1ccccc12.[c-]1c(Oc2[c-]c3c(cc2)c2ccccc2n3-c2ccccn2)cccc1-n1cc2c3ccccc3n(-c3ccccn3)c2n1. The van der Waals surface area contributed by atoms with Gasteiger partial charge >= 0.3 is 42.1 Å². The van der Waals surface area contributed by atoms with E-state index in [9.17, 15) is 0 Å². The van der Waals surface area contributed by atoms with Gasteiger partial charge < -0.3 is 18.6 Å². The zero-order chi connectivity index (χ0) is 54.1. The first-order valence-corrected chi connectivity index (χ1v) is 27.4. The molecule has 0 bridgehead atoms. The first-order chi connectivity index (χ1) is 40.6. The van der Waals surface area contributed by atoms with E-state index in [1.807, 2.05) is 143 Å². The molecule has 404 valence electrons. The number of thiophene rings is 1. The monoisotopic (exact) mass is 1460 g/mol. The maximum atomic E-state index is 6.35. The van der Waals surface area contributed by atoms with Gasteiger partial charge in [-0.1, -0.05) is 102 Å². The molecule has 0 fully saturated rings. The van der Waals surface area contributed by atoms with Gasteiger partial charge in [0, 0.05) is 91.3 Å². The third-order valence-electron chi connectivity index (χ3n) is 14.6. The number of hydrogen-bond acceptors (Lipinski definition) is 8. The maximum absolute atomic E-state index is 6.35. The van der Waals surface area contributed by atoms with Crippen LogP contribution >= 0.6 is 11.3 Å². The topological polar surface area (TPSA) is 108 Å². The molecule has 0 unspecified atom stereocenters. The number of fused-ring (bicyclic) bond motifs is 12. The van der Waals surface area contributed by atoms with Crippen molar-refractivity contribution in [3.05, 3.63) is 268 Å². The van der Waals surface area contributed by atoms with E-state index in [4.69, 9.17) is 19.7 Å². The van der Waals surface area contributed by atoms with Gasteiger partial charge in [0.1, 0.15) is 22.3 Å². The predicted octanol–water partition coefficient (Wildman–Crippen LogP) is 16.4. The van der Waals surface area contributed by atoms with Crippen LogP contribution in [-0.4, -0.2) is 48.2 Å². The van der Waals surface area contributed by atoms with Crippen molar-refractivity contribution in [3.8, 4) is 51.8 Å². The second kappa shape index (κ2) is 21.8. The van der Waals surface area contributed by atoms with Crippen molar-refractivity contribution < 1.29 is 51.6 Å². The van der Waals surface area contributed by atoms with Gasteiger partial charge in [-0.3, -0.25) is 13.9 Å². The number of pyridine rings is 3. The Labute approximate surface area is 512 Å². The fraction of sp³-hybridized carbons (Fsp3) is 0. The molecule has 17 aromatic rings. The van der Waals surface area contributed by atoms with Crippen molar-refractivity contribution in [1.29, 1.82) is 0 Å². The zero-order valence-corrected chi connectivity index (χ0v) is 49.3. The second-order valence-electron chi connectivity index (χ2n) is 19.5. The molecule has 12 nitrogen and oxygen atoms in total. The van der Waals surface area contributed by atoms with E-state index in [1.165, 1.54) is 10.1 Å². The van der Waals surface area contributed by atoms with Crippen molar-refractivity contribution in [2.45, 2.75) is 0 Å². The van der Waals surface area contributed by atoms with Crippen LogP contribution in [-0.2, 0) is 42.1 Å². The summed E-state index contributed by atoms with van der Waals surface area (Å²) in [5.41, 5.74) is 7.42. The third kappa shape index (κ3) is 9.14. The summed E-state index contributed by atoms with van der Waals surface area (Å²) >= 11 is 1.70. The molecule has 84 heavy (non-hydrogen) atoms. The van der Waals surface area contributed by atoms with Crippen molar-refractivity contribution in [2.75, 3.05) is 0 Å². The summed E-state index contributed by atoms with van der Waals surface area (Å²) in [5, 5.41) is 18.8. The minimum absolute atomic E-state index is 0. The van der Waals surface area contributed by atoms with Crippen LogP contribution in [0.25, 0.3) is 115 Å². The first kappa shape index (κ1) is 52.3. The first-order valence-electron chi connectivity index (χ1n) is 26.6. The molecule has 15 heteroatoms. The van der Waals surface area contributed by atoms with Crippen molar-refractivity contribution >= 4 is 97.2 Å². The maximum Gasteiger partial charge on any atom is 2.00 e. The second-order valence-corrected chi connectivity index (χ2v) is 20.5. The molecule has 0 N–H and O–H groups in total. The standard InChI is InChI=1S/C37H22N6O.C32H18N4OS.2Pt/c1-3-14-32-28(12-1)30-19-18-27(23-34(30)42(32)35-16-5-7-20-38-35)44-26-11-9-10-25(22-26)41-24-31-29-13-2-4-15-33(29)43(37(31)40-41)36-17-6-8-21-39-36;1-3-12-28-24(10-1)25-16-15-23(19-29(25)36(28)31-14-5-6-17-33-31)37-22-9-7-8-21(18-22)35-20-27-26-11-2-4-13-30(26)38-32(27)34-35;;/h1-21,24H;1-17,20H;;/q2*-2;2*+2. The number of ether oxygens (including phenoxy) is 2. The van der Waals surface area contributed by atoms with E-state index >= 15 is 0 Å². The average Bonchev–Trinajstić information content (AvgIpc) is 4.46. The Morgan fingerprint density at radius 3 is 1.29 bits per heavy atom. The van der Waals surface area contributed by atoms with Gasteiger partial charge in [0.05, 0.1) is 5.52 Å². The molecule has 9 heterocycles. The Balaban J connectivity index is 0.000000147. The molecule has 0 radical (unpaired) electrons. The van der Waals surface area contributed by atoms with Crippen LogP contribution in [0.5, 0.6) is 23.0 Å². The van der Waals surface area contributed by atoms with Crippen molar-refractivity contribution in [2.24, 2.45) is 0 Å². The molecular formula is C69H40N10O2Pt2S. The molecule has 0 aliphatic carbocycles. The van der Waals surface area contributed by atoms with Crippen LogP contribution in [0.2, 0.25) is 0 Å². The zero-order valence-electron chi connectivity index (χ0n) is 43.9. The van der Waals surface area contributed by atoms with Crippen LogP contribution in [0, 0.1) is 24.3 Å².